The predicted molar refractivity (Wildman–Crippen MR) is 80.3 cm³/mol. The van der Waals surface area contributed by atoms with Gasteiger partial charge in [-0.25, -0.2) is 24.3 Å². The fourth-order valence-electron chi connectivity index (χ4n) is 2.70. The second kappa shape index (κ2) is 5.21. The first-order valence-corrected chi connectivity index (χ1v) is 7.07. The Morgan fingerprint density at radius 3 is 2.45 bits per heavy atom. The van der Waals surface area contributed by atoms with Crippen molar-refractivity contribution in [2.45, 2.75) is 0 Å². The fourth-order valence-corrected chi connectivity index (χ4v) is 2.70. The van der Waals surface area contributed by atoms with Gasteiger partial charge in [-0.1, -0.05) is 0 Å². The molecule has 1 N–H and O–H groups in total. The Balaban J connectivity index is 1.52. The van der Waals surface area contributed by atoms with Gasteiger partial charge in [0.15, 0.2) is 5.82 Å². The zero-order chi connectivity index (χ0) is 14.9. The van der Waals surface area contributed by atoms with Crippen molar-refractivity contribution in [1.82, 2.24) is 24.9 Å². The van der Waals surface area contributed by atoms with E-state index in [0.29, 0.717) is 5.95 Å². The molecule has 0 aromatic carbocycles. The third-order valence-electron chi connectivity index (χ3n) is 3.80. The minimum absolute atomic E-state index is 0.418. The molecule has 0 aliphatic carbocycles. The summed E-state index contributed by atoms with van der Waals surface area (Å²) in [6, 6.07) is 1.99. The number of hydrogen-bond acceptors (Lipinski definition) is 6. The summed E-state index contributed by atoms with van der Waals surface area (Å²) in [6.07, 6.45) is 5.83. The molecule has 0 unspecified atom stereocenters. The van der Waals surface area contributed by atoms with Crippen LogP contribution in [0, 0.1) is 5.82 Å². The number of aromatic nitrogens is 5. The number of nitrogens with one attached hydrogen (secondary N) is 1. The molecule has 112 valence electrons. The van der Waals surface area contributed by atoms with Crippen LogP contribution in [-0.4, -0.2) is 51.1 Å². The average Bonchev–Trinajstić information content (AvgIpc) is 3.04. The van der Waals surface area contributed by atoms with Gasteiger partial charge in [0, 0.05) is 32.4 Å². The van der Waals surface area contributed by atoms with Crippen LogP contribution in [0.15, 0.2) is 31.0 Å². The Morgan fingerprint density at radius 2 is 1.68 bits per heavy atom. The summed E-state index contributed by atoms with van der Waals surface area (Å²) >= 11 is 0. The standard InChI is InChI=1S/C14H14FN7/c15-10-7-17-14(18-8-10)22-5-3-21(4-6-22)13-11-1-2-16-12(11)19-9-20-13/h1-2,7-9H,3-6H2,(H,16,19,20). The van der Waals surface area contributed by atoms with Crippen molar-refractivity contribution < 1.29 is 4.39 Å². The van der Waals surface area contributed by atoms with Crippen LogP contribution in [0.5, 0.6) is 0 Å². The minimum Gasteiger partial charge on any atom is -0.352 e. The van der Waals surface area contributed by atoms with Crippen LogP contribution < -0.4 is 9.80 Å². The number of anilines is 2. The van der Waals surface area contributed by atoms with Gasteiger partial charge in [0.2, 0.25) is 5.95 Å². The van der Waals surface area contributed by atoms with Gasteiger partial charge in [-0.05, 0) is 6.07 Å². The van der Waals surface area contributed by atoms with E-state index in [1.165, 1.54) is 12.4 Å². The van der Waals surface area contributed by atoms with Crippen LogP contribution in [0.1, 0.15) is 0 Å². The zero-order valence-electron chi connectivity index (χ0n) is 11.8. The molecule has 8 heteroatoms. The van der Waals surface area contributed by atoms with Gasteiger partial charge in [0.25, 0.3) is 0 Å². The van der Waals surface area contributed by atoms with Crippen LogP contribution >= 0.6 is 0 Å². The summed E-state index contributed by atoms with van der Waals surface area (Å²) in [4.78, 5) is 24.0. The normalized spacial score (nSPS) is 15.5. The van der Waals surface area contributed by atoms with Crippen molar-refractivity contribution >= 4 is 22.8 Å². The molecule has 0 bridgehead atoms. The number of piperazine rings is 1. The number of rotatable bonds is 2. The van der Waals surface area contributed by atoms with Crippen LogP contribution in [-0.2, 0) is 0 Å². The highest BCUT2D eigenvalue weighted by atomic mass is 19.1. The topological polar surface area (TPSA) is 73.8 Å². The lowest BCUT2D eigenvalue weighted by Gasteiger charge is -2.35. The summed E-state index contributed by atoms with van der Waals surface area (Å²) in [5, 5.41) is 1.02. The van der Waals surface area contributed by atoms with Gasteiger partial charge in [0.05, 0.1) is 17.8 Å². The van der Waals surface area contributed by atoms with Gasteiger partial charge >= 0.3 is 0 Å². The van der Waals surface area contributed by atoms with E-state index in [4.69, 9.17) is 0 Å². The van der Waals surface area contributed by atoms with Crippen molar-refractivity contribution in [1.29, 1.82) is 0 Å². The molecule has 0 spiro atoms. The van der Waals surface area contributed by atoms with Crippen molar-refractivity contribution in [2.75, 3.05) is 36.0 Å². The number of fused-ring (bicyclic) bond motifs is 1. The third-order valence-corrected chi connectivity index (χ3v) is 3.80. The van der Waals surface area contributed by atoms with Crippen molar-refractivity contribution in [3.63, 3.8) is 0 Å². The summed E-state index contributed by atoms with van der Waals surface area (Å²) in [6.45, 7) is 3.14. The van der Waals surface area contributed by atoms with Crippen LogP contribution in [0.4, 0.5) is 16.2 Å². The molecule has 3 aromatic heterocycles. The number of aromatic amines is 1. The molecular weight excluding hydrogens is 285 g/mol. The number of halogens is 1. The van der Waals surface area contributed by atoms with Crippen molar-refractivity contribution in [2.24, 2.45) is 0 Å². The Morgan fingerprint density at radius 1 is 0.955 bits per heavy atom. The molecule has 1 aliphatic rings. The van der Waals surface area contributed by atoms with Gasteiger partial charge in [0.1, 0.15) is 17.8 Å². The number of nitrogens with zero attached hydrogens (tertiary/aromatic N) is 6. The van der Waals surface area contributed by atoms with Gasteiger partial charge in [-0.15, -0.1) is 0 Å². The molecular formula is C14H14FN7. The predicted octanol–water partition coefficient (Wildman–Crippen LogP) is 1.21. The molecule has 4 heterocycles. The van der Waals surface area contributed by atoms with E-state index in [1.807, 2.05) is 17.2 Å². The molecule has 22 heavy (non-hydrogen) atoms. The van der Waals surface area contributed by atoms with E-state index in [2.05, 4.69) is 29.8 Å². The van der Waals surface area contributed by atoms with E-state index in [-0.39, 0.29) is 0 Å². The van der Waals surface area contributed by atoms with Crippen LogP contribution in [0.2, 0.25) is 0 Å². The Hall–Kier alpha value is -2.77. The van der Waals surface area contributed by atoms with Crippen molar-refractivity contribution in [3.8, 4) is 0 Å². The minimum atomic E-state index is -0.418. The van der Waals surface area contributed by atoms with Gasteiger partial charge < -0.3 is 14.8 Å². The second-order valence-electron chi connectivity index (χ2n) is 5.11. The molecule has 0 saturated carbocycles. The summed E-state index contributed by atoms with van der Waals surface area (Å²) in [5.74, 6) is 1.08. The lowest BCUT2D eigenvalue weighted by Crippen LogP contribution is -2.47. The maximum Gasteiger partial charge on any atom is 0.225 e. The molecule has 0 atom stereocenters. The molecule has 1 aliphatic heterocycles. The van der Waals surface area contributed by atoms with E-state index in [0.717, 1.165) is 43.0 Å². The molecule has 1 fully saturated rings. The van der Waals surface area contributed by atoms with E-state index >= 15 is 0 Å². The van der Waals surface area contributed by atoms with Gasteiger partial charge in [-0.3, -0.25) is 0 Å². The highest BCUT2D eigenvalue weighted by molar-refractivity contribution is 5.87. The molecule has 3 aromatic rings. The maximum absolute atomic E-state index is 12.9. The largest absolute Gasteiger partial charge is 0.352 e. The van der Waals surface area contributed by atoms with Crippen LogP contribution in [0.3, 0.4) is 0 Å². The Bertz CT molecular complexity index is 777. The lowest BCUT2D eigenvalue weighted by molar-refractivity contribution is 0.602. The number of hydrogen-bond donors (Lipinski definition) is 1. The zero-order valence-corrected chi connectivity index (χ0v) is 11.8. The van der Waals surface area contributed by atoms with E-state index in [1.54, 1.807) is 6.33 Å². The first-order chi connectivity index (χ1) is 10.8. The molecule has 1 saturated heterocycles. The smallest absolute Gasteiger partial charge is 0.225 e. The first-order valence-electron chi connectivity index (χ1n) is 7.07. The lowest BCUT2D eigenvalue weighted by atomic mass is 10.3. The van der Waals surface area contributed by atoms with Crippen LogP contribution in [0.25, 0.3) is 11.0 Å². The molecule has 0 radical (unpaired) electrons. The molecule has 4 rings (SSSR count). The maximum atomic E-state index is 12.9. The average molecular weight is 299 g/mol. The van der Waals surface area contributed by atoms with E-state index < -0.39 is 5.82 Å². The summed E-state index contributed by atoms with van der Waals surface area (Å²) in [5.41, 5.74) is 0.842. The summed E-state index contributed by atoms with van der Waals surface area (Å²) in [7, 11) is 0. The SMILES string of the molecule is Fc1cnc(N2CCN(c3ncnc4[nH]ccc34)CC2)nc1. The fraction of sp³-hybridized carbons (Fsp3) is 0.286. The highest BCUT2D eigenvalue weighted by Crippen LogP contribution is 2.23. The monoisotopic (exact) mass is 299 g/mol. The highest BCUT2D eigenvalue weighted by Gasteiger charge is 2.21. The third kappa shape index (κ3) is 2.22. The first kappa shape index (κ1) is 12.9. The van der Waals surface area contributed by atoms with Gasteiger partial charge in [-0.2, -0.15) is 0 Å². The number of H-pyrrole nitrogens is 1. The molecule has 0 amide bonds. The second-order valence-corrected chi connectivity index (χ2v) is 5.11. The van der Waals surface area contributed by atoms with E-state index in [9.17, 15) is 4.39 Å². The Labute approximate surface area is 125 Å². The quantitative estimate of drug-likeness (QED) is 0.767. The molecule has 7 nitrogen and oxygen atoms in total. The Kier molecular flexibility index (Phi) is 3.06. The van der Waals surface area contributed by atoms with Crippen molar-refractivity contribution in [3.05, 3.63) is 36.8 Å². The summed E-state index contributed by atoms with van der Waals surface area (Å²) < 4.78 is 12.9.